The third-order valence-corrected chi connectivity index (χ3v) is 14.5. The first-order valence-corrected chi connectivity index (χ1v) is 21.7. The van der Waals surface area contributed by atoms with Crippen LogP contribution in [0.15, 0.2) is 212 Å². The lowest BCUT2D eigenvalue weighted by atomic mass is 9.55. The third kappa shape index (κ3) is 4.98. The molecule has 1 aromatic heterocycles. The van der Waals surface area contributed by atoms with Crippen molar-refractivity contribution in [3.8, 4) is 33.4 Å². The molecule has 60 heavy (non-hydrogen) atoms. The van der Waals surface area contributed by atoms with E-state index in [4.69, 9.17) is 0 Å². The number of benzene rings is 9. The van der Waals surface area contributed by atoms with Crippen LogP contribution in [-0.4, -0.2) is 0 Å². The number of fused-ring (bicyclic) bond motifs is 12. The fourth-order valence-corrected chi connectivity index (χ4v) is 11.8. The summed E-state index contributed by atoms with van der Waals surface area (Å²) in [5, 5.41) is 2.57. The Labute approximate surface area is 355 Å². The molecule has 0 unspecified atom stereocenters. The van der Waals surface area contributed by atoms with Crippen LogP contribution in [0.5, 0.6) is 0 Å². The summed E-state index contributed by atoms with van der Waals surface area (Å²) in [5.41, 5.74) is 18.5. The van der Waals surface area contributed by atoms with Crippen LogP contribution >= 0.6 is 11.3 Å². The molecule has 1 heterocycles. The zero-order valence-corrected chi connectivity index (χ0v) is 34.4. The third-order valence-electron chi connectivity index (χ3n) is 13.3. The molecule has 9 aromatic carbocycles. The van der Waals surface area contributed by atoms with Gasteiger partial charge in [0.1, 0.15) is 0 Å². The first-order chi connectivity index (χ1) is 29.5. The second kappa shape index (κ2) is 13.3. The van der Waals surface area contributed by atoms with E-state index in [1.54, 1.807) is 0 Å². The summed E-state index contributed by atoms with van der Waals surface area (Å²) in [6, 6.07) is 79.2. The monoisotopic (exact) mass is 783 g/mol. The van der Waals surface area contributed by atoms with Crippen LogP contribution < -0.4 is 4.90 Å². The van der Waals surface area contributed by atoms with Crippen LogP contribution in [0.1, 0.15) is 47.2 Å². The minimum Gasteiger partial charge on any atom is -0.310 e. The number of thiophene rings is 1. The van der Waals surface area contributed by atoms with E-state index in [0.29, 0.717) is 0 Å². The van der Waals surface area contributed by atoms with Gasteiger partial charge in [-0.25, -0.2) is 0 Å². The van der Waals surface area contributed by atoms with Crippen LogP contribution in [0.4, 0.5) is 17.1 Å². The molecular weight excluding hydrogens is 743 g/mol. The average molecular weight is 784 g/mol. The molecule has 2 aliphatic carbocycles. The predicted octanol–water partition coefficient (Wildman–Crippen LogP) is 15.9. The second-order valence-electron chi connectivity index (χ2n) is 16.8. The van der Waals surface area contributed by atoms with Crippen molar-refractivity contribution >= 4 is 48.6 Å². The Kier molecular flexibility index (Phi) is 7.73. The van der Waals surface area contributed by atoms with Crippen molar-refractivity contribution < 1.29 is 0 Å². The minimum absolute atomic E-state index is 0.188. The van der Waals surface area contributed by atoms with E-state index in [2.05, 4.69) is 231 Å². The maximum Gasteiger partial charge on any atom is 0.0719 e. The molecule has 0 fully saturated rings. The smallest absolute Gasteiger partial charge is 0.0719 e. The van der Waals surface area contributed by atoms with Gasteiger partial charge in [0.15, 0.2) is 0 Å². The van der Waals surface area contributed by atoms with E-state index < -0.39 is 5.41 Å². The Bertz CT molecular complexity index is 3270. The highest BCUT2D eigenvalue weighted by molar-refractivity contribution is 7.26. The molecule has 0 aliphatic heterocycles. The zero-order valence-electron chi connectivity index (χ0n) is 33.6. The van der Waals surface area contributed by atoms with Crippen LogP contribution in [0, 0.1) is 0 Å². The van der Waals surface area contributed by atoms with Crippen LogP contribution in [-0.2, 0) is 10.8 Å². The summed E-state index contributed by atoms with van der Waals surface area (Å²) >= 11 is 1.86. The molecule has 0 bridgehead atoms. The SMILES string of the molecule is CC1(C)c2ccccc2C2(c3ccccc3-c3ccccc32)c2cc(-c3cccc(N(c4cccc(-c5ccccc5)c4)c4cccc5sc6ccccc6c45)c3)ccc21. The van der Waals surface area contributed by atoms with Gasteiger partial charge in [0.25, 0.3) is 0 Å². The highest BCUT2D eigenvalue weighted by Crippen LogP contribution is 2.62. The quantitative estimate of drug-likeness (QED) is 0.168. The summed E-state index contributed by atoms with van der Waals surface area (Å²) < 4.78 is 2.59. The summed E-state index contributed by atoms with van der Waals surface area (Å²) in [4.78, 5) is 2.47. The molecule has 10 aromatic rings. The highest BCUT2D eigenvalue weighted by atomic mass is 32.1. The van der Waals surface area contributed by atoms with Gasteiger partial charge >= 0.3 is 0 Å². The maximum atomic E-state index is 2.53. The molecule has 0 saturated heterocycles. The minimum atomic E-state index is -0.443. The summed E-state index contributed by atoms with van der Waals surface area (Å²) in [7, 11) is 0. The standard InChI is InChI=1S/C58H41NS/c1-57(2)49-28-11-12-29-51(49)58(47-26-9-6-23-44(47)45-24-7-10-27-48(45)58)52-37-41(33-34-50(52)57)40-20-15-22-43(36-40)59(42-21-14-19-39(35-42)38-17-4-3-5-18-38)53-30-16-32-55-56(53)46-25-8-13-31-54(46)60-55/h3-37H,1-2H3. The van der Waals surface area contributed by atoms with E-state index in [-0.39, 0.29) is 5.41 Å². The lowest BCUT2D eigenvalue weighted by Gasteiger charge is -2.47. The Morgan fingerprint density at radius 2 is 0.883 bits per heavy atom. The lowest BCUT2D eigenvalue weighted by Crippen LogP contribution is -2.40. The summed E-state index contributed by atoms with van der Waals surface area (Å²) in [6.45, 7) is 4.81. The van der Waals surface area contributed by atoms with Crippen LogP contribution in [0.25, 0.3) is 53.6 Å². The Hall–Kier alpha value is -7.00. The van der Waals surface area contributed by atoms with E-state index in [1.807, 2.05) is 11.3 Å². The van der Waals surface area contributed by atoms with Crippen molar-refractivity contribution in [3.05, 3.63) is 246 Å². The van der Waals surface area contributed by atoms with Gasteiger partial charge in [-0.1, -0.05) is 178 Å². The number of nitrogens with zero attached hydrogens (tertiary/aromatic N) is 1. The van der Waals surface area contributed by atoms with Gasteiger partial charge in [0.05, 0.1) is 11.1 Å². The van der Waals surface area contributed by atoms with Crippen molar-refractivity contribution in [1.29, 1.82) is 0 Å². The van der Waals surface area contributed by atoms with Gasteiger partial charge in [-0.15, -0.1) is 11.3 Å². The molecule has 12 rings (SSSR count). The Balaban J connectivity index is 1.09. The van der Waals surface area contributed by atoms with Crippen molar-refractivity contribution in [2.75, 3.05) is 4.90 Å². The zero-order chi connectivity index (χ0) is 40.0. The summed E-state index contributed by atoms with van der Waals surface area (Å²) in [5.74, 6) is 0. The number of rotatable bonds is 5. The van der Waals surface area contributed by atoms with Gasteiger partial charge < -0.3 is 4.90 Å². The van der Waals surface area contributed by atoms with Gasteiger partial charge in [-0.05, 0) is 115 Å². The predicted molar refractivity (Wildman–Crippen MR) is 254 cm³/mol. The van der Waals surface area contributed by atoms with Gasteiger partial charge in [0.2, 0.25) is 0 Å². The number of hydrogen-bond acceptors (Lipinski definition) is 2. The molecule has 0 amide bonds. The topological polar surface area (TPSA) is 3.24 Å². The maximum absolute atomic E-state index is 2.53. The first kappa shape index (κ1) is 35.0. The first-order valence-electron chi connectivity index (χ1n) is 20.9. The van der Waals surface area contributed by atoms with Crippen molar-refractivity contribution in [2.45, 2.75) is 24.7 Å². The van der Waals surface area contributed by atoms with E-state index in [0.717, 1.165) is 11.4 Å². The Morgan fingerprint density at radius 3 is 1.60 bits per heavy atom. The molecule has 0 radical (unpaired) electrons. The summed E-state index contributed by atoms with van der Waals surface area (Å²) in [6.07, 6.45) is 0. The second-order valence-corrected chi connectivity index (χ2v) is 17.9. The lowest BCUT2D eigenvalue weighted by molar-refractivity contribution is 0.563. The van der Waals surface area contributed by atoms with Crippen molar-refractivity contribution in [1.82, 2.24) is 0 Å². The average Bonchev–Trinajstić information content (AvgIpc) is 3.84. The van der Waals surface area contributed by atoms with Gasteiger partial charge in [-0.3, -0.25) is 0 Å². The molecule has 0 atom stereocenters. The molecule has 2 aliphatic rings. The van der Waals surface area contributed by atoms with E-state index in [1.165, 1.54) is 92.6 Å². The van der Waals surface area contributed by atoms with Gasteiger partial charge in [0, 0.05) is 37.0 Å². The molecular formula is C58H41NS. The molecule has 0 N–H and O–H groups in total. The van der Waals surface area contributed by atoms with E-state index >= 15 is 0 Å². The molecule has 2 heteroatoms. The largest absolute Gasteiger partial charge is 0.310 e. The highest BCUT2D eigenvalue weighted by Gasteiger charge is 2.53. The van der Waals surface area contributed by atoms with Crippen LogP contribution in [0.3, 0.4) is 0 Å². The number of anilines is 3. The molecule has 1 nitrogen and oxygen atoms in total. The number of hydrogen-bond donors (Lipinski definition) is 0. The molecule has 1 spiro atoms. The van der Waals surface area contributed by atoms with Crippen molar-refractivity contribution in [2.24, 2.45) is 0 Å². The normalized spacial score (nSPS) is 14.1. The van der Waals surface area contributed by atoms with Crippen molar-refractivity contribution in [3.63, 3.8) is 0 Å². The van der Waals surface area contributed by atoms with E-state index in [9.17, 15) is 0 Å². The fraction of sp³-hybridized carbons (Fsp3) is 0.0690. The molecule has 0 saturated carbocycles. The fourth-order valence-electron chi connectivity index (χ4n) is 10.7. The Morgan fingerprint density at radius 1 is 0.367 bits per heavy atom. The van der Waals surface area contributed by atoms with Gasteiger partial charge in [-0.2, -0.15) is 0 Å². The molecule has 284 valence electrons. The van der Waals surface area contributed by atoms with Crippen LogP contribution in [0.2, 0.25) is 0 Å².